The number of benzene rings is 1. The van der Waals surface area contributed by atoms with Crippen molar-refractivity contribution in [2.45, 2.75) is 32.1 Å². The molecular weight excluding hydrogens is 274 g/mol. The molecule has 1 aliphatic carbocycles. The lowest BCUT2D eigenvalue weighted by molar-refractivity contribution is 0.683. The van der Waals surface area contributed by atoms with Gasteiger partial charge in [-0.05, 0) is 36.3 Å². The van der Waals surface area contributed by atoms with E-state index in [0.29, 0.717) is 5.92 Å². The molecule has 2 aromatic rings. The van der Waals surface area contributed by atoms with Gasteiger partial charge in [0.15, 0.2) is 0 Å². The van der Waals surface area contributed by atoms with Crippen molar-refractivity contribution in [1.29, 1.82) is 0 Å². The van der Waals surface area contributed by atoms with Gasteiger partial charge in [-0.25, -0.2) is 0 Å². The average Bonchev–Trinajstić information content (AvgIpc) is 2.96. The van der Waals surface area contributed by atoms with Gasteiger partial charge in [0, 0.05) is 17.5 Å². The third-order valence-electron chi connectivity index (χ3n) is 4.16. The number of aromatic amines is 1. The molecule has 114 valence electrons. The number of hydrogen-bond acceptors (Lipinski definition) is 2. The van der Waals surface area contributed by atoms with Gasteiger partial charge in [-0.3, -0.25) is 0 Å². The van der Waals surface area contributed by atoms with E-state index >= 15 is 0 Å². The molecule has 1 unspecified atom stereocenters. The molecule has 22 heavy (non-hydrogen) atoms. The molecule has 0 bridgehead atoms. The van der Waals surface area contributed by atoms with Gasteiger partial charge in [0.1, 0.15) is 0 Å². The topological polar surface area (TPSA) is 92.5 Å². The van der Waals surface area contributed by atoms with Crippen LogP contribution in [0.5, 0.6) is 0 Å². The number of fused-ring (bicyclic) bond motifs is 1. The summed E-state index contributed by atoms with van der Waals surface area (Å²) in [6, 6.07) is 10.5. The van der Waals surface area contributed by atoms with E-state index in [1.807, 2.05) is 6.07 Å². The molecule has 0 spiro atoms. The highest BCUT2D eigenvalue weighted by Gasteiger charge is 2.28. The zero-order valence-electron chi connectivity index (χ0n) is 12.7. The molecule has 0 saturated carbocycles. The summed E-state index contributed by atoms with van der Waals surface area (Å²) in [5.74, 6) is 0.384. The molecular formula is C17H21N5. The summed E-state index contributed by atoms with van der Waals surface area (Å²) in [5, 5.41) is 8.19. The van der Waals surface area contributed by atoms with E-state index < -0.39 is 0 Å². The van der Waals surface area contributed by atoms with Gasteiger partial charge < -0.3 is 16.5 Å². The maximum Gasteiger partial charge on any atom is 0.211 e. The van der Waals surface area contributed by atoms with Crippen molar-refractivity contribution in [2.24, 2.45) is 21.7 Å². The fourth-order valence-electron chi connectivity index (χ4n) is 3.14. The van der Waals surface area contributed by atoms with Crippen molar-refractivity contribution >= 4 is 11.7 Å². The van der Waals surface area contributed by atoms with Gasteiger partial charge in [-0.2, -0.15) is 5.10 Å². The number of hydrogen-bond donors (Lipinski definition) is 3. The molecule has 0 aliphatic heterocycles. The number of nitrogens with zero attached hydrogens (tertiary/aromatic N) is 2. The summed E-state index contributed by atoms with van der Waals surface area (Å²) < 4.78 is 0. The van der Waals surface area contributed by atoms with Crippen molar-refractivity contribution < 1.29 is 0 Å². The highest BCUT2D eigenvalue weighted by atomic mass is 15.3. The number of aromatic nitrogens is 1. The van der Waals surface area contributed by atoms with Crippen LogP contribution in [0, 0.1) is 0 Å². The lowest BCUT2D eigenvalue weighted by Gasteiger charge is -2.24. The number of nitrogens with two attached hydrogens (primary N) is 2. The van der Waals surface area contributed by atoms with Crippen molar-refractivity contribution in [3.05, 3.63) is 58.9 Å². The van der Waals surface area contributed by atoms with E-state index in [9.17, 15) is 0 Å². The Bertz CT molecular complexity index is 708. The van der Waals surface area contributed by atoms with Gasteiger partial charge in [-0.1, -0.05) is 37.3 Å². The molecule has 3 rings (SSSR count). The Kier molecular flexibility index (Phi) is 3.96. The Balaban J connectivity index is 2.03. The third-order valence-corrected chi connectivity index (χ3v) is 4.16. The zero-order chi connectivity index (χ0) is 15.5. The molecule has 0 fully saturated rings. The number of H-pyrrole nitrogens is 1. The van der Waals surface area contributed by atoms with Crippen LogP contribution in [-0.4, -0.2) is 16.7 Å². The second-order valence-corrected chi connectivity index (χ2v) is 5.61. The first kappa shape index (κ1) is 14.4. The Morgan fingerprint density at radius 3 is 2.68 bits per heavy atom. The first-order chi connectivity index (χ1) is 10.7. The molecule has 5 heteroatoms. The van der Waals surface area contributed by atoms with Crippen LogP contribution in [0.3, 0.4) is 0 Å². The fraction of sp³-hybridized carbons (Fsp3) is 0.294. The highest BCUT2D eigenvalue weighted by molar-refractivity contribution is 6.04. The predicted octanol–water partition coefficient (Wildman–Crippen LogP) is 2.28. The third kappa shape index (κ3) is 2.74. The molecule has 1 aromatic carbocycles. The standard InChI is InChI=1S/C17H21N5/c1-2-11-10-20-14-8-13(12-6-4-3-5-7-12)9-15(16(11)14)21-22-17(18)19/h3-7,10,13,20H,2,8-9H2,1H3,(H4,18,19,22)/b21-15+. The van der Waals surface area contributed by atoms with Crippen LogP contribution in [-0.2, 0) is 12.8 Å². The Morgan fingerprint density at radius 2 is 2.00 bits per heavy atom. The normalized spacial score (nSPS) is 19.0. The van der Waals surface area contributed by atoms with Gasteiger partial charge in [0.25, 0.3) is 0 Å². The summed E-state index contributed by atoms with van der Waals surface area (Å²) in [5.41, 5.74) is 16.8. The summed E-state index contributed by atoms with van der Waals surface area (Å²) >= 11 is 0. The minimum atomic E-state index is -0.00975. The van der Waals surface area contributed by atoms with Crippen LogP contribution >= 0.6 is 0 Å². The number of nitrogens with one attached hydrogen (secondary N) is 1. The van der Waals surface area contributed by atoms with Crippen LogP contribution in [0.2, 0.25) is 0 Å². The Morgan fingerprint density at radius 1 is 1.23 bits per heavy atom. The van der Waals surface area contributed by atoms with Gasteiger partial charge in [0.2, 0.25) is 5.96 Å². The van der Waals surface area contributed by atoms with Crippen LogP contribution in [0.25, 0.3) is 0 Å². The fourth-order valence-corrected chi connectivity index (χ4v) is 3.14. The van der Waals surface area contributed by atoms with E-state index in [-0.39, 0.29) is 5.96 Å². The maximum absolute atomic E-state index is 5.43. The first-order valence-electron chi connectivity index (χ1n) is 7.59. The zero-order valence-corrected chi connectivity index (χ0v) is 12.7. The first-order valence-corrected chi connectivity index (χ1v) is 7.59. The molecule has 5 N–H and O–H groups in total. The molecule has 1 aromatic heterocycles. The average molecular weight is 295 g/mol. The summed E-state index contributed by atoms with van der Waals surface area (Å²) in [6.45, 7) is 2.14. The molecule has 5 nitrogen and oxygen atoms in total. The van der Waals surface area contributed by atoms with Crippen LogP contribution in [0.4, 0.5) is 0 Å². The van der Waals surface area contributed by atoms with E-state index in [2.05, 4.69) is 52.6 Å². The van der Waals surface area contributed by atoms with E-state index in [1.165, 1.54) is 22.4 Å². The van der Waals surface area contributed by atoms with Crippen molar-refractivity contribution in [1.82, 2.24) is 4.98 Å². The van der Waals surface area contributed by atoms with Crippen LogP contribution < -0.4 is 11.5 Å². The smallest absolute Gasteiger partial charge is 0.211 e. The van der Waals surface area contributed by atoms with Gasteiger partial charge >= 0.3 is 0 Å². The van der Waals surface area contributed by atoms with E-state index in [0.717, 1.165) is 25.0 Å². The van der Waals surface area contributed by atoms with Gasteiger partial charge in [-0.15, -0.1) is 5.10 Å². The largest absolute Gasteiger partial charge is 0.369 e. The van der Waals surface area contributed by atoms with E-state index in [4.69, 9.17) is 11.5 Å². The van der Waals surface area contributed by atoms with E-state index in [1.54, 1.807) is 0 Å². The van der Waals surface area contributed by atoms with Crippen LogP contribution in [0.1, 0.15) is 41.6 Å². The summed E-state index contributed by atoms with van der Waals surface area (Å²) in [6.07, 6.45) is 4.87. The second-order valence-electron chi connectivity index (χ2n) is 5.61. The van der Waals surface area contributed by atoms with Crippen molar-refractivity contribution in [3.63, 3.8) is 0 Å². The number of aryl methyl sites for hydroxylation is 1. The lowest BCUT2D eigenvalue weighted by atomic mass is 9.81. The van der Waals surface area contributed by atoms with Crippen LogP contribution in [0.15, 0.2) is 46.7 Å². The quantitative estimate of drug-likeness (QED) is 0.460. The Labute approximate surface area is 130 Å². The summed E-state index contributed by atoms with van der Waals surface area (Å²) in [7, 11) is 0. The minimum absolute atomic E-state index is 0.00975. The highest BCUT2D eigenvalue weighted by Crippen LogP contribution is 2.34. The Hall–Kier alpha value is -2.56. The SMILES string of the molecule is CCc1c[nH]c2c1/C(=N/N=C(N)N)CC(c1ccccc1)C2. The minimum Gasteiger partial charge on any atom is -0.369 e. The maximum atomic E-state index is 5.43. The second kappa shape index (κ2) is 6.05. The molecule has 0 saturated heterocycles. The lowest BCUT2D eigenvalue weighted by Crippen LogP contribution is -2.23. The number of guanidine groups is 1. The molecule has 1 heterocycles. The molecule has 1 atom stereocenters. The predicted molar refractivity (Wildman–Crippen MR) is 90.0 cm³/mol. The summed E-state index contributed by atoms with van der Waals surface area (Å²) in [4.78, 5) is 3.40. The monoisotopic (exact) mass is 295 g/mol. The van der Waals surface area contributed by atoms with Crippen molar-refractivity contribution in [2.75, 3.05) is 0 Å². The molecule has 0 radical (unpaired) electrons. The number of rotatable bonds is 3. The molecule has 1 aliphatic rings. The van der Waals surface area contributed by atoms with Gasteiger partial charge in [0.05, 0.1) is 5.71 Å². The molecule has 0 amide bonds. The van der Waals surface area contributed by atoms with Crippen molar-refractivity contribution in [3.8, 4) is 0 Å².